The molecule has 0 heterocycles. The minimum Gasteiger partial charge on any atom is -0.385 e. The molecule has 4 nitrogen and oxygen atoms in total. The number of nitrogens with one attached hydrogen (secondary N) is 1. The summed E-state index contributed by atoms with van der Waals surface area (Å²) in [5.74, 6) is 0.753. The number of carbonyl (C=O) groups is 1. The van der Waals surface area contributed by atoms with Gasteiger partial charge in [-0.2, -0.15) is 0 Å². The molecule has 1 aliphatic carbocycles. The summed E-state index contributed by atoms with van der Waals surface area (Å²) in [6, 6.07) is -0.139. The Morgan fingerprint density at radius 1 is 1.35 bits per heavy atom. The molecule has 3 N–H and O–H groups in total. The largest absolute Gasteiger partial charge is 0.385 e. The highest BCUT2D eigenvalue weighted by atomic mass is 16.5. The predicted molar refractivity (Wildman–Crippen MR) is 82.4 cm³/mol. The maximum Gasteiger partial charge on any atom is 0.237 e. The Kier molecular flexibility index (Phi) is 6.96. The van der Waals surface area contributed by atoms with Gasteiger partial charge in [0.2, 0.25) is 5.91 Å². The molecule has 0 aromatic carbocycles. The van der Waals surface area contributed by atoms with E-state index in [1.807, 2.05) is 0 Å². The van der Waals surface area contributed by atoms with Gasteiger partial charge in [-0.05, 0) is 43.4 Å². The quantitative estimate of drug-likeness (QED) is 0.755. The van der Waals surface area contributed by atoms with E-state index >= 15 is 0 Å². The van der Waals surface area contributed by atoms with E-state index in [4.69, 9.17) is 10.5 Å². The topological polar surface area (TPSA) is 64.4 Å². The van der Waals surface area contributed by atoms with Crippen molar-refractivity contribution < 1.29 is 9.53 Å². The summed E-state index contributed by atoms with van der Waals surface area (Å²) >= 11 is 0. The van der Waals surface area contributed by atoms with Crippen LogP contribution in [-0.2, 0) is 9.53 Å². The molecule has 118 valence electrons. The molecular formula is C16H32N2O2. The molecule has 1 aliphatic rings. The number of carbonyl (C=O) groups excluding carboxylic acids is 1. The Bertz CT molecular complexity index is 297. The van der Waals surface area contributed by atoms with Crippen LogP contribution in [0.15, 0.2) is 0 Å². The maximum atomic E-state index is 12.0. The Morgan fingerprint density at radius 2 is 1.95 bits per heavy atom. The lowest BCUT2D eigenvalue weighted by molar-refractivity contribution is -0.123. The third-order valence-corrected chi connectivity index (χ3v) is 5.06. The van der Waals surface area contributed by atoms with E-state index in [1.54, 1.807) is 7.11 Å². The van der Waals surface area contributed by atoms with E-state index in [2.05, 4.69) is 26.1 Å². The molecule has 4 heteroatoms. The van der Waals surface area contributed by atoms with Crippen molar-refractivity contribution in [1.29, 1.82) is 0 Å². The second kappa shape index (κ2) is 7.99. The molecule has 0 aromatic heterocycles. The van der Waals surface area contributed by atoms with Gasteiger partial charge < -0.3 is 15.8 Å². The summed E-state index contributed by atoms with van der Waals surface area (Å²) in [5.41, 5.74) is 6.27. The average molecular weight is 284 g/mol. The highest BCUT2D eigenvalue weighted by molar-refractivity contribution is 5.81. The van der Waals surface area contributed by atoms with Gasteiger partial charge in [-0.1, -0.05) is 27.2 Å². The van der Waals surface area contributed by atoms with Crippen molar-refractivity contribution in [2.24, 2.45) is 17.1 Å². The van der Waals surface area contributed by atoms with Gasteiger partial charge >= 0.3 is 0 Å². The molecule has 1 saturated carbocycles. The molecule has 1 rings (SSSR count). The first-order valence-electron chi connectivity index (χ1n) is 7.95. The minimum absolute atomic E-state index is 0.0275. The SMILES string of the molecule is CCC(C)(C)C1CCC(NC(=O)C(N)CCOC)CC1. The van der Waals surface area contributed by atoms with Crippen LogP contribution in [0.2, 0.25) is 0 Å². The molecule has 1 atom stereocenters. The number of amides is 1. The fourth-order valence-electron chi connectivity index (χ4n) is 2.99. The lowest BCUT2D eigenvalue weighted by atomic mass is 9.69. The molecular weight excluding hydrogens is 252 g/mol. The molecule has 0 saturated heterocycles. The lowest BCUT2D eigenvalue weighted by Crippen LogP contribution is -2.47. The molecule has 0 spiro atoms. The van der Waals surface area contributed by atoms with Crippen LogP contribution in [0.5, 0.6) is 0 Å². The first-order valence-corrected chi connectivity index (χ1v) is 7.95. The Morgan fingerprint density at radius 3 is 2.45 bits per heavy atom. The molecule has 1 fully saturated rings. The van der Waals surface area contributed by atoms with E-state index in [0.29, 0.717) is 24.5 Å². The average Bonchev–Trinajstić information content (AvgIpc) is 2.45. The van der Waals surface area contributed by atoms with Gasteiger partial charge in [0.15, 0.2) is 0 Å². The first kappa shape index (κ1) is 17.4. The number of hydrogen-bond donors (Lipinski definition) is 2. The summed E-state index contributed by atoms with van der Waals surface area (Å²) in [7, 11) is 1.63. The van der Waals surface area contributed by atoms with Crippen molar-refractivity contribution in [2.45, 2.75) is 71.4 Å². The molecule has 1 amide bonds. The van der Waals surface area contributed by atoms with Gasteiger partial charge in [0.1, 0.15) is 0 Å². The van der Waals surface area contributed by atoms with E-state index in [-0.39, 0.29) is 5.91 Å². The van der Waals surface area contributed by atoms with Crippen LogP contribution < -0.4 is 11.1 Å². The zero-order valence-corrected chi connectivity index (χ0v) is 13.6. The Labute approximate surface area is 123 Å². The van der Waals surface area contributed by atoms with Gasteiger partial charge in [0.05, 0.1) is 6.04 Å². The van der Waals surface area contributed by atoms with E-state index in [0.717, 1.165) is 18.8 Å². The lowest BCUT2D eigenvalue weighted by Gasteiger charge is -2.39. The smallest absolute Gasteiger partial charge is 0.237 e. The number of methoxy groups -OCH3 is 1. The molecule has 0 aromatic rings. The van der Waals surface area contributed by atoms with E-state index in [9.17, 15) is 4.79 Å². The number of rotatable bonds is 7. The van der Waals surface area contributed by atoms with Crippen molar-refractivity contribution in [3.63, 3.8) is 0 Å². The summed E-state index contributed by atoms with van der Waals surface area (Å²) in [6.45, 7) is 7.52. The number of nitrogens with two attached hydrogens (primary N) is 1. The second-order valence-electron chi connectivity index (χ2n) is 6.79. The zero-order valence-electron chi connectivity index (χ0n) is 13.6. The van der Waals surface area contributed by atoms with Gasteiger partial charge in [0.25, 0.3) is 0 Å². The second-order valence-corrected chi connectivity index (χ2v) is 6.79. The number of hydrogen-bond acceptors (Lipinski definition) is 3. The molecule has 0 radical (unpaired) electrons. The fourth-order valence-corrected chi connectivity index (χ4v) is 2.99. The third kappa shape index (κ3) is 5.06. The monoisotopic (exact) mass is 284 g/mol. The third-order valence-electron chi connectivity index (χ3n) is 5.06. The Balaban J connectivity index is 2.33. The van der Waals surface area contributed by atoms with Crippen LogP contribution in [0, 0.1) is 11.3 Å². The van der Waals surface area contributed by atoms with Gasteiger partial charge in [-0.15, -0.1) is 0 Å². The summed E-state index contributed by atoms with van der Waals surface area (Å²) in [5, 5.41) is 3.10. The molecule has 20 heavy (non-hydrogen) atoms. The fraction of sp³-hybridized carbons (Fsp3) is 0.938. The van der Waals surface area contributed by atoms with Crippen molar-refractivity contribution in [1.82, 2.24) is 5.32 Å². The summed E-state index contributed by atoms with van der Waals surface area (Å²) in [4.78, 5) is 12.0. The van der Waals surface area contributed by atoms with E-state index < -0.39 is 6.04 Å². The highest BCUT2D eigenvalue weighted by Gasteiger charge is 2.32. The standard InChI is InChI=1S/C16H32N2O2/c1-5-16(2,3)12-6-8-13(9-7-12)18-15(19)14(17)10-11-20-4/h12-14H,5-11,17H2,1-4H3,(H,18,19). The molecule has 1 unspecified atom stereocenters. The van der Waals surface area contributed by atoms with Gasteiger partial charge in [0, 0.05) is 19.8 Å². The van der Waals surface area contributed by atoms with Crippen LogP contribution in [0.3, 0.4) is 0 Å². The zero-order chi connectivity index (χ0) is 15.2. The van der Waals surface area contributed by atoms with Crippen LogP contribution >= 0.6 is 0 Å². The van der Waals surface area contributed by atoms with Crippen molar-refractivity contribution in [2.75, 3.05) is 13.7 Å². The van der Waals surface area contributed by atoms with Gasteiger partial charge in [-0.25, -0.2) is 0 Å². The predicted octanol–water partition coefficient (Wildman–Crippen LogP) is 2.46. The normalized spacial score (nSPS) is 25.2. The van der Waals surface area contributed by atoms with Crippen LogP contribution in [-0.4, -0.2) is 31.7 Å². The van der Waals surface area contributed by atoms with Crippen molar-refractivity contribution >= 4 is 5.91 Å². The highest BCUT2D eigenvalue weighted by Crippen LogP contribution is 2.40. The van der Waals surface area contributed by atoms with E-state index in [1.165, 1.54) is 19.3 Å². The minimum atomic E-state index is -0.445. The number of ether oxygens (including phenoxy) is 1. The van der Waals surface area contributed by atoms with Crippen molar-refractivity contribution in [3.05, 3.63) is 0 Å². The van der Waals surface area contributed by atoms with Crippen LogP contribution in [0.4, 0.5) is 0 Å². The van der Waals surface area contributed by atoms with Crippen molar-refractivity contribution in [3.8, 4) is 0 Å². The Hall–Kier alpha value is -0.610. The van der Waals surface area contributed by atoms with Gasteiger partial charge in [-0.3, -0.25) is 4.79 Å². The van der Waals surface area contributed by atoms with Crippen LogP contribution in [0.25, 0.3) is 0 Å². The summed E-state index contributed by atoms with van der Waals surface area (Å²) < 4.78 is 4.96. The summed E-state index contributed by atoms with van der Waals surface area (Å²) in [6.07, 6.45) is 6.38. The molecule has 0 bridgehead atoms. The molecule has 0 aliphatic heterocycles. The van der Waals surface area contributed by atoms with Crippen LogP contribution in [0.1, 0.15) is 59.3 Å². The first-order chi connectivity index (χ1) is 9.40. The maximum absolute atomic E-state index is 12.0.